The highest BCUT2D eigenvalue weighted by Gasteiger charge is 2.22. The minimum Gasteiger partial charge on any atom is -0.393 e. The summed E-state index contributed by atoms with van der Waals surface area (Å²) in [5, 5.41) is 13.5. The van der Waals surface area contributed by atoms with Crippen LogP contribution in [-0.4, -0.2) is 11.2 Å². The fourth-order valence-corrected chi connectivity index (χ4v) is 2.37. The van der Waals surface area contributed by atoms with Crippen LogP contribution in [0.3, 0.4) is 0 Å². The quantitative estimate of drug-likeness (QED) is 0.840. The van der Waals surface area contributed by atoms with E-state index < -0.39 is 0 Å². The molecule has 0 fully saturated rings. The molecule has 2 rings (SSSR count). The van der Waals surface area contributed by atoms with E-state index in [1.165, 1.54) is 11.1 Å². The van der Waals surface area contributed by atoms with Crippen LogP contribution in [0.2, 0.25) is 0 Å². The van der Waals surface area contributed by atoms with Gasteiger partial charge in [0.15, 0.2) is 0 Å². The largest absolute Gasteiger partial charge is 0.393 e. The molecule has 0 aliphatic carbocycles. The molecule has 0 spiro atoms. The maximum atomic E-state index is 9.91. The number of nitrogens with one attached hydrogen (secondary N) is 1. The highest BCUT2D eigenvalue weighted by Crippen LogP contribution is 2.25. The van der Waals surface area contributed by atoms with Crippen LogP contribution < -0.4 is 5.32 Å². The molecule has 0 radical (unpaired) electrons. The van der Waals surface area contributed by atoms with E-state index in [4.69, 9.17) is 0 Å². The lowest BCUT2D eigenvalue weighted by Gasteiger charge is -2.28. The monoisotopic (exact) mass is 269 g/mol. The average Bonchev–Trinajstić information content (AvgIpc) is 2.49. The van der Waals surface area contributed by atoms with E-state index in [1.54, 1.807) is 0 Å². The first-order valence-corrected chi connectivity index (χ1v) is 7.19. The minimum absolute atomic E-state index is 0.149. The molecule has 0 aliphatic rings. The summed E-state index contributed by atoms with van der Waals surface area (Å²) in [6, 6.07) is 20.8. The number of benzene rings is 2. The molecule has 2 N–H and O–H groups in total. The third-order valence-electron chi connectivity index (χ3n) is 3.81. The maximum Gasteiger partial charge on any atom is 0.0555 e. The van der Waals surface area contributed by atoms with Gasteiger partial charge in [-0.1, -0.05) is 67.6 Å². The highest BCUT2D eigenvalue weighted by molar-refractivity contribution is 5.21. The Morgan fingerprint density at radius 2 is 1.45 bits per heavy atom. The van der Waals surface area contributed by atoms with Crippen LogP contribution in [0.1, 0.15) is 31.0 Å². The molecule has 0 unspecified atom stereocenters. The highest BCUT2D eigenvalue weighted by atomic mass is 16.3. The fourth-order valence-electron chi connectivity index (χ4n) is 2.37. The molecule has 2 aromatic rings. The van der Waals surface area contributed by atoms with Crippen molar-refractivity contribution in [2.24, 2.45) is 5.92 Å². The van der Waals surface area contributed by atoms with Crippen molar-refractivity contribution in [1.29, 1.82) is 0 Å². The molecule has 0 amide bonds. The lowest BCUT2D eigenvalue weighted by atomic mass is 9.90. The molecule has 2 aromatic carbocycles. The number of hydrogen-bond donors (Lipinski definition) is 2. The first-order valence-electron chi connectivity index (χ1n) is 7.19. The van der Waals surface area contributed by atoms with Gasteiger partial charge in [-0.15, -0.1) is 0 Å². The van der Waals surface area contributed by atoms with Crippen molar-refractivity contribution in [2.75, 3.05) is 0 Å². The van der Waals surface area contributed by atoms with Crippen molar-refractivity contribution >= 4 is 0 Å². The molecule has 2 nitrogen and oxygen atoms in total. The lowest BCUT2D eigenvalue weighted by molar-refractivity contribution is 0.110. The molecular formula is C18H23NO. The molecule has 0 heterocycles. The maximum absolute atomic E-state index is 9.91. The SMILES string of the molecule is C[C@H]([C@@H](C)O)[C@@H](NCc1ccccc1)c1ccccc1. The Morgan fingerprint density at radius 3 is 2.00 bits per heavy atom. The molecule has 106 valence electrons. The number of aliphatic hydroxyl groups is 1. The van der Waals surface area contributed by atoms with E-state index in [-0.39, 0.29) is 18.1 Å². The van der Waals surface area contributed by atoms with Crippen molar-refractivity contribution in [2.45, 2.75) is 32.5 Å². The van der Waals surface area contributed by atoms with Gasteiger partial charge in [0.05, 0.1) is 6.10 Å². The van der Waals surface area contributed by atoms with Gasteiger partial charge in [0.2, 0.25) is 0 Å². The summed E-state index contributed by atoms with van der Waals surface area (Å²) in [6.45, 7) is 4.74. The zero-order chi connectivity index (χ0) is 14.4. The van der Waals surface area contributed by atoms with Crippen LogP contribution in [0, 0.1) is 5.92 Å². The molecule has 0 saturated heterocycles. The van der Waals surface area contributed by atoms with Crippen molar-refractivity contribution in [3.63, 3.8) is 0 Å². The second-order valence-corrected chi connectivity index (χ2v) is 5.35. The number of hydrogen-bond acceptors (Lipinski definition) is 2. The van der Waals surface area contributed by atoms with E-state index >= 15 is 0 Å². The van der Waals surface area contributed by atoms with Crippen LogP contribution in [-0.2, 0) is 6.54 Å². The van der Waals surface area contributed by atoms with E-state index in [1.807, 2.05) is 43.3 Å². The Labute approximate surface area is 121 Å². The normalized spacial score (nSPS) is 15.6. The third kappa shape index (κ3) is 3.92. The van der Waals surface area contributed by atoms with Crippen LogP contribution in [0.15, 0.2) is 60.7 Å². The molecule has 2 heteroatoms. The second-order valence-electron chi connectivity index (χ2n) is 5.35. The zero-order valence-electron chi connectivity index (χ0n) is 12.2. The van der Waals surface area contributed by atoms with Gasteiger partial charge in [-0.2, -0.15) is 0 Å². The first-order chi connectivity index (χ1) is 9.68. The van der Waals surface area contributed by atoms with E-state index in [0.717, 1.165) is 6.54 Å². The van der Waals surface area contributed by atoms with Crippen molar-refractivity contribution in [1.82, 2.24) is 5.32 Å². The lowest BCUT2D eigenvalue weighted by Crippen LogP contribution is -2.32. The van der Waals surface area contributed by atoms with Crippen LogP contribution >= 0.6 is 0 Å². The summed E-state index contributed by atoms with van der Waals surface area (Å²) in [6.07, 6.45) is -0.344. The van der Waals surface area contributed by atoms with E-state index in [9.17, 15) is 5.11 Å². The van der Waals surface area contributed by atoms with Gasteiger partial charge < -0.3 is 10.4 Å². The van der Waals surface area contributed by atoms with Gasteiger partial charge in [-0.3, -0.25) is 0 Å². The van der Waals surface area contributed by atoms with Crippen molar-refractivity contribution in [3.8, 4) is 0 Å². The van der Waals surface area contributed by atoms with Crippen molar-refractivity contribution in [3.05, 3.63) is 71.8 Å². The Bertz CT molecular complexity index is 495. The Hall–Kier alpha value is -1.64. The Morgan fingerprint density at radius 1 is 0.900 bits per heavy atom. The van der Waals surface area contributed by atoms with Gasteiger partial charge in [0.1, 0.15) is 0 Å². The standard InChI is InChI=1S/C18H23NO/c1-14(15(2)20)18(17-11-7-4-8-12-17)19-13-16-9-5-3-6-10-16/h3-12,14-15,18-20H,13H2,1-2H3/t14-,15-,18-/m1/s1. The summed E-state index contributed by atoms with van der Waals surface area (Å²) in [4.78, 5) is 0. The van der Waals surface area contributed by atoms with E-state index in [2.05, 4.69) is 36.5 Å². The van der Waals surface area contributed by atoms with Crippen molar-refractivity contribution < 1.29 is 5.11 Å². The average molecular weight is 269 g/mol. The predicted octanol–water partition coefficient (Wildman–Crippen LogP) is 3.53. The molecule has 0 bridgehead atoms. The molecular weight excluding hydrogens is 246 g/mol. The molecule has 0 aromatic heterocycles. The van der Waals surface area contributed by atoms with Crippen LogP contribution in [0.5, 0.6) is 0 Å². The molecule has 3 atom stereocenters. The third-order valence-corrected chi connectivity index (χ3v) is 3.81. The summed E-state index contributed by atoms with van der Waals surface area (Å²) in [7, 11) is 0. The van der Waals surface area contributed by atoms with Crippen LogP contribution in [0.4, 0.5) is 0 Å². The van der Waals surface area contributed by atoms with Gasteiger partial charge in [0, 0.05) is 18.5 Å². The molecule has 0 saturated carbocycles. The smallest absolute Gasteiger partial charge is 0.0555 e. The van der Waals surface area contributed by atoms with Gasteiger partial charge >= 0.3 is 0 Å². The molecule has 20 heavy (non-hydrogen) atoms. The summed E-state index contributed by atoms with van der Waals surface area (Å²) in [5.74, 6) is 0.154. The van der Waals surface area contributed by atoms with Crippen LogP contribution in [0.25, 0.3) is 0 Å². The fraction of sp³-hybridized carbons (Fsp3) is 0.333. The summed E-state index contributed by atoms with van der Waals surface area (Å²) < 4.78 is 0. The van der Waals surface area contributed by atoms with Gasteiger partial charge in [-0.05, 0) is 18.1 Å². The molecule has 0 aliphatic heterocycles. The number of aliphatic hydroxyl groups excluding tert-OH is 1. The predicted molar refractivity (Wildman–Crippen MR) is 83.3 cm³/mol. The number of rotatable bonds is 6. The zero-order valence-corrected chi connectivity index (χ0v) is 12.2. The Balaban J connectivity index is 2.11. The Kier molecular flexibility index (Phi) is 5.33. The minimum atomic E-state index is -0.344. The second kappa shape index (κ2) is 7.22. The topological polar surface area (TPSA) is 32.3 Å². The van der Waals surface area contributed by atoms with Gasteiger partial charge in [0.25, 0.3) is 0 Å². The van der Waals surface area contributed by atoms with E-state index in [0.29, 0.717) is 0 Å². The summed E-state index contributed by atoms with van der Waals surface area (Å²) >= 11 is 0. The van der Waals surface area contributed by atoms with Gasteiger partial charge in [-0.25, -0.2) is 0 Å². The first kappa shape index (κ1) is 14.8. The summed E-state index contributed by atoms with van der Waals surface area (Å²) in [5.41, 5.74) is 2.48.